The summed E-state index contributed by atoms with van der Waals surface area (Å²) in [5.41, 5.74) is 39.8. The Kier molecular flexibility index (Phi) is 21.8. The van der Waals surface area contributed by atoms with Gasteiger partial charge in [-0.2, -0.15) is 0 Å². The van der Waals surface area contributed by atoms with Crippen molar-refractivity contribution >= 4 is 121 Å². The van der Waals surface area contributed by atoms with Crippen LogP contribution in [0.4, 0.5) is 34.1 Å². The Morgan fingerprint density at radius 3 is 0.532 bits per heavy atom. The van der Waals surface area contributed by atoms with Crippen LogP contribution < -0.4 is 9.80 Å². The normalized spacial score (nSPS) is 11.4. The van der Waals surface area contributed by atoms with Crippen LogP contribution >= 0.6 is 0 Å². The summed E-state index contributed by atoms with van der Waals surface area (Å²) in [6.45, 7) is 0. The van der Waals surface area contributed by atoms with Gasteiger partial charge in [0.1, 0.15) is 0 Å². The smallest absolute Gasteiger partial charge is 0.0547 e. The number of hydrogen-bond acceptors (Lipinski definition) is 2. The molecule has 22 aromatic carbocycles. The summed E-state index contributed by atoms with van der Waals surface area (Å²) in [5, 5.41) is 10.00. The van der Waals surface area contributed by atoms with E-state index in [9.17, 15) is 0 Å². The summed E-state index contributed by atoms with van der Waals surface area (Å²) in [4.78, 5) is 4.75. The van der Waals surface area contributed by atoms with Crippen molar-refractivity contribution in [1.82, 2.24) is 18.3 Å². The highest BCUT2D eigenvalue weighted by molar-refractivity contribution is 6.20. The molecular formula is C133H94N6. The molecule has 0 unspecified atom stereocenters. The van der Waals surface area contributed by atoms with Gasteiger partial charge in [0.25, 0.3) is 0 Å². The van der Waals surface area contributed by atoms with E-state index in [0.29, 0.717) is 0 Å². The Morgan fingerprint density at radius 2 is 0.288 bits per heavy atom. The molecule has 26 aromatic rings. The largest absolute Gasteiger partial charge is 0.311 e. The van der Waals surface area contributed by atoms with Gasteiger partial charge in [-0.05, 0) is 265 Å². The lowest BCUT2D eigenvalue weighted by Gasteiger charge is -2.26. The predicted octanol–water partition coefficient (Wildman–Crippen LogP) is 36.7. The van der Waals surface area contributed by atoms with Crippen molar-refractivity contribution in [1.29, 1.82) is 0 Å². The molecule has 0 radical (unpaired) electrons. The first-order chi connectivity index (χ1) is 68.5. The van der Waals surface area contributed by atoms with Gasteiger partial charge in [0, 0.05) is 100.0 Å². The summed E-state index contributed by atoms with van der Waals surface area (Å²) in [7, 11) is 0. The number of benzene rings is 22. The van der Waals surface area contributed by atoms with E-state index in [1.165, 1.54) is 176 Å². The van der Waals surface area contributed by atoms with E-state index in [4.69, 9.17) is 0 Å². The highest BCUT2D eigenvalue weighted by Gasteiger charge is 2.25. The Morgan fingerprint density at radius 1 is 0.122 bits per heavy atom. The second kappa shape index (κ2) is 36.2. The lowest BCUT2D eigenvalue weighted by Crippen LogP contribution is -2.09. The first-order valence-electron chi connectivity index (χ1n) is 47.3. The third-order valence-electron chi connectivity index (χ3n) is 27.5. The molecule has 0 saturated carbocycles. The lowest BCUT2D eigenvalue weighted by molar-refractivity contribution is 1.18. The van der Waals surface area contributed by atoms with Crippen molar-refractivity contribution in [2.75, 3.05) is 9.80 Å². The van der Waals surface area contributed by atoms with Crippen molar-refractivity contribution in [3.8, 4) is 112 Å². The fraction of sp³-hybridized carbons (Fsp3) is 0.00752. The molecule has 0 N–H and O–H groups in total. The van der Waals surface area contributed by atoms with Crippen LogP contribution in [0.3, 0.4) is 0 Å². The molecule has 0 aliphatic rings. The molecule has 4 aromatic heterocycles. The minimum atomic E-state index is 0. The minimum Gasteiger partial charge on any atom is -0.311 e. The van der Waals surface area contributed by atoms with Gasteiger partial charge >= 0.3 is 0 Å². The number of nitrogens with zero attached hydrogens (tertiary/aromatic N) is 6. The molecule has 0 fully saturated rings. The van der Waals surface area contributed by atoms with E-state index >= 15 is 0 Å². The van der Waals surface area contributed by atoms with Crippen LogP contribution in [-0.4, -0.2) is 18.3 Å². The maximum absolute atomic E-state index is 2.39. The second-order valence-corrected chi connectivity index (χ2v) is 35.4. The van der Waals surface area contributed by atoms with E-state index < -0.39 is 0 Å². The Hall–Kier alpha value is -18.4. The highest BCUT2D eigenvalue weighted by Crippen LogP contribution is 2.48. The molecule has 26 rings (SSSR count). The molecule has 0 saturated heterocycles. The molecule has 0 aliphatic heterocycles. The van der Waals surface area contributed by atoms with Gasteiger partial charge in [0.15, 0.2) is 0 Å². The zero-order valence-corrected chi connectivity index (χ0v) is 75.6. The number of fused-ring (bicyclic) bond motifs is 12. The standard InChI is InChI=1S/2C66H45N3.CH4/c1-4-17-46(18-5-1)50-19-14-20-51(45-50)47-33-39-54(40-34-47)67(55-41-35-48(36-42-55)57-27-15-31-63-65(57)59-25-10-12-29-61(59)68(63)52-21-6-2-7-22-52)56-43-37-49(38-44-56)58-28-16-32-64-66(58)60-26-11-13-30-62(60)69(64)53-23-8-3-9-24-53;1-4-16-46(17-5-1)47-30-32-48(33-31-47)49-34-40-54(41-35-49)67(55-42-36-50(37-43-55)57-24-14-28-63-65(57)59-22-10-12-26-61(59)68(63)52-18-6-2-7-19-52)56-44-38-51(39-45-56)58-25-15-29-64-66(58)60-23-11-13-27-62(60)69(64)53-20-8-3-9-21-53;/h2*1-45H;1H4. The molecule has 0 bridgehead atoms. The zero-order valence-electron chi connectivity index (χ0n) is 75.6. The Bertz CT molecular complexity index is 8560. The zero-order chi connectivity index (χ0) is 91.4. The first kappa shape index (κ1) is 83.7. The highest BCUT2D eigenvalue weighted by atomic mass is 15.1. The van der Waals surface area contributed by atoms with Crippen molar-refractivity contribution in [3.63, 3.8) is 0 Å². The predicted molar refractivity (Wildman–Crippen MR) is 590 cm³/mol. The minimum absolute atomic E-state index is 0. The van der Waals surface area contributed by atoms with E-state index in [1.54, 1.807) is 0 Å². The van der Waals surface area contributed by atoms with Crippen LogP contribution in [0.15, 0.2) is 546 Å². The van der Waals surface area contributed by atoms with Gasteiger partial charge in [-0.1, -0.05) is 377 Å². The monoisotopic (exact) mass is 1770 g/mol. The third kappa shape index (κ3) is 15.2. The maximum Gasteiger partial charge on any atom is 0.0547 e. The van der Waals surface area contributed by atoms with E-state index in [1.807, 2.05) is 0 Å². The van der Waals surface area contributed by atoms with Crippen LogP contribution in [-0.2, 0) is 0 Å². The third-order valence-corrected chi connectivity index (χ3v) is 27.5. The van der Waals surface area contributed by atoms with Crippen molar-refractivity contribution in [2.45, 2.75) is 7.43 Å². The van der Waals surface area contributed by atoms with Gasteiger partial charge in [-0.15, -0.1) is 0 Å². The fourth-order valence-corrected chi connectivity index (χ4v) is 21.1. The van der Waals surface area contributed by atoms with Gasteiger partial charge in [-0.3, -0.25) is 0 Å². The summed E-state index contributed by atoms with van der Waals surface area (Å²) in [6.07, 6.45) is 0. The molecular weight excluding hydrogens is 1680 g/mol. The van der Waals surface area contributed by atoms with E-state index in [0.717, 1.165) is 56.9 Å². The fourth-order valence-electron chi connectivity index (χ4n) is 21.1. The van der Waals surface area contributed by atoms with Crippen molar-refractivity contribution < 1.29 is 0 Å². The van der Waals surface area contributed by atoms with Gasteiger partial charge < -0.3 is 28.1 Å². The summed E-state index contributed by atoms with van der Waals surface area (Å²) >= 11 is 0. The van der Waals surface area contributed by atoms with Crippen molar-refractivity contribution in [2.24, 2.45) is 0 Å². The van der Waals surface area contributed by atoms with Gasteiger partial charge in [0.05, 0.1) is 44.1 Å². The number of hydrogen-bond donors (Lipinski definition) is 0. The molecule has 0 aliphatic carbocycles. The van der Waals surface area contributed by atoms with Gasteiger partial charge in [-0.25, -0.2) is 0 Å². The summed E-state index contributed by atoms with van der Waals surface area (Å²) in [5.74, 6) is 0. The summed E-state index contributed by atoms with van der Waals surface area (Å²) in [6, 6.07) is 198. The number of anilines is 6. The van der Waals surface area contributed by atoms with Crippen LogP contribution in [0.2, 0.25) is 0 Å². The Balaban J connectivity index is 0.000000150. The summed E-state index contributed by atoms with van der Waals surface area (Å²) < 4.78 is 9.54. The Labute approximate surface area is 808 Å². The first-order valence-corrected chi connectivity index (χ1v) is 47.3. The number of rotatable bonds is 18. The SMILES string of the molecule is C.c1ccc(-c2ccc(-c3ccc(N(c4ccc(-c5cccc6c5c5ccccc5n6-c5ccccc5)cc4)c4ccc(-c5cccc6c5c5ccccc5n6-c5ccccc5)cc4)cc3)cc2)cc1.c1ccc(-c2cccc(-c3ccc(N(c4ccc(-c5cccc6c5c5ccccc5n6-c5ccccc5)cc4)c4ccc(-c5cccc6c5c5ccccc5n6-c5ccccc5)cc4)cc3)c2)cc1. The van der Waals surface area contributed by atoms with Crippen LogP contribution in [0.25, 0.3) is 199 Å². The molecule has 0 atom stereocenters. The van der Waals surface area contributed by atoms with Crippen molar-refractivity contribution in [3.05, 3.63) is 546 Å². The second-order valence-electron chi connectivity index (χ2n) is 35.4. The van der Waals surface area contributed by atoms with E-state index in [-0.39, 0.29) is 7.43 Å². The number of aromatic nitrogens is 4. The molecule has 139 heavy (non-hydrogen) atoms. The van der Waals surface area contributed by atoms with E-state index in [2.05, 4.69) is 574 Å². The van der Waals surface area contributed by atoms with Crippen LogP contribution in [0, 0.1) is 0 Å². The molecule has 0 amide bonds. The average molecular weight is 1780 g/mol. The topological polar surface area (TPSA) is 26.2 Å². The van der Waals surface area contributed by atoms with Crippen LogP contribution in [0.1, 0.15) is 7.43 Å². The average Bonchev–Trinajstić information content (AvgIpc) is 1.59. The van der Waals surface area contributed by atoms with Crippen LogP contribution in [0.5, 0.6) is 0 Å². The molecule has 6 heteroatoms. The quantitative estimate of drug-likeness (QED) is 0.0856. The maximum atomic E-state index is 2.39. The van der Waals surface area contributed by atoms with Gasteiger partial charge in [0.2, 0.25) is 0 Å². The number of para-hydroxylation sites is 8. The molecule has 6 nitrogen and oxygen atoms in total. The molecule has 0 spiro atoms. The molecule has 656 valence electrons. The lowest BCUT2D eigenvalue weighted by atomic mass is 9.98. The molecule has 4 heterocycles.